The van der Waals surface area contributed by atoms with Crippen molar-refractivity contribution in [2.24, 2.45) is 17.3 Å². The highest BCUT2D eigenvalue weighted by Gasteiger charge is 2.64. The van der Waals surface area contributed by atoms with Crippen molar-refractivity contribution in [2.45, 2.75) is 20.5 Å². The highest BCUT2D eigenvalue weighted by molar-refractivity contribution is 6.37. The second-order valence-electron chi connectivity index (χ2n) is 5.74. The molecule has 1 saturated carbocycles. The summed E-state index contributed by atoms with van der Waals surface area (Å²) >= 11 is 17.2. The lowest BCUT2D eigenvalue weighted by Gasteiger charge is -2.08. The highest BCUT2D eigenvalue weighted by Crippen LogP contribution is 2.63. The molecule has 1 aliphatic carbocycles. The summed E-state index contributed by atoms with van der Waals surface area (Å²) in [6.07, 6.45) is 0. The Bertz CT molecular complexity index is 644. The van der Waals surface area contributed by atoms with E-state index in [2.05, 4.69) is 0 Å². The smallest absolute Gasteiger partial charge is 0.310 e. The average molecular weight is 370 g/mol. The number of allylic oxidation sites excluding steroid dienone is 1. The van der Waals surface area contributed by atoms with Crippen LogP contribution < -0.4 is 0 Å². The number of benzene rings is 1. The lowest BCUT2D eigenvalue weighted by molar-refractivity contribution is -0.147. The van der Waals surface area contributed by atoms with Crippen LogP contribution in [0, 0.1) is 28.9 Å². The van der Waals surface area contributed by atoms with Crippen molar-refractivity contribution < 1.29 is 18.3 Å². The standard InChI is InChI=1S/C15H13Cl3F2O2/c1-15(2)11(9(18)5-16)12(15)14(21)22-6-7-3-8(17)4-10(19)13(7)20/h3-5,11-12H,6H2,1-2H3/b9-5-. The molecule has 2 atom stereocenters. The fraction of sp³-hybridized carbons (Fsp3) is 0.400. The first-order valence-corrected chi connectivity index (χ1v) is 7.65. The van der Waals surface area contributed by atoms with Crippen molar-refractivity contribution in [2.75, 3.05) is 0 Å². The minimum absolute atomic E-state index is 0.0303. The highest BCUT2D eigenvalue weighted by atomic mass is 35.5. The third-order valence-corrected chi connectivity index (χ3v) is 4.83. The van der Waals surface area contributed by atoms with Gasteiger partial charge in [0.1, 0.15) is 6.61 Å². The Morgan fingerprint density at radius 2 is 2.00 bits per heavy atom. The molecule has 0 N–H and O–H groups in total. The number of esters is 1. The van der Waals surface area contributed by atoms with Crippen molar-refractivity contribution in [1.29, 1.82) is 0 Å². The Labute approximate surface area is 142 Å². The molecule has 0 aliphatic heterocycles. The van der Waals surface area contributed by atoms with Gasteiger partial charge in [0.15, 0.2) is 11.6 Å². The number of carbonyl (C=O) groups excluding carboxylic acids is 1. The van der Waals surface area contributed by atoms with E-state index in [1.165, 1.54) is 11.6 Å². The van der Waals surface area contributed by atoms with Gasteiger partial charge in [-0.15, -0.1) is 0 Å². The van der Waals surface area contributed by atoms with Gasteiger partial charge in [0.05, 0.1) is 5.92 Å². The third-order valence-electron chi connectivity index (χ3n) is 3.92. The van der Waals surface area contributed by atoms with Crippen LogP contribution in [0.1, 0.15) is 19.4 Å². The predicted octanol–water partition coefficient (Wildman–Crippen LogP) is 5.25. The maximum absolute atomic E-state index is 13.6. The Morgan fingerprint density at radius 3 is 2.59 bits per heavy atom. The molecular formula is C15H13Cl3F2O2. The van der Waals surface area contributed by atoms with Gasteiger partial charge in [0, 0.05) is 27.1 Å². The van der Waals surface area contributed by atoms with Crippen LogP contribution in [0.4, 0.5) is 8.78 Å². The maximum Gasteiger partial charge on any atom is 0.310 e. The Balaban J connectivity index is 2.06. The van der Waals surface area contributed by atoms with Gasteiger partial charge in [0.2, 0.25) is 0 Å². The van der Waals surface area contributed by atoms with Gasteiger partial charge in [-0.3, -0.25) is 4.79 Å². The predicted molar refractivity (Wildman–Crippen MR) is 81.7 cm³/mol. The molecule has 1 aromatic rings. The largest absolute Gasteiger partial charge is 0.460 e. The zero-order chi connectivity index (χ0) is 16.7. The molecule has 2 nitrogen and oxygen atoms in total. The van der Waals surface area contributed by atoms with Crippen LogP contribution >= 0.6 is 34.8 Å². The van der Waals surface area contributed by atoms with Crippen LogP contribution in [0.5, 0.6) is 0 Å². The molecule has 0 aromatic heterocycles. The first-order chi connectivity index (χ1) is 10.2. The summed E-state index contributed by atoms with van der Waals surface area (Å²) in [6.45, 7) is 3.31. The SMILES string of the molecule is CC1(C)C(C(=O)OCc2cc(Cl)cc(F)c2F)C1/C(Cl)=C/Cl. The van der Waals surface area contributed by atoms with Gasteiger partial charge in [-0.05, 0) is 17.5 Å². The van der Waals surface area contributed by atoms with E-state index >= 15 is 0 Å². The number of rotatable bonds is 4. The van der Waals surface area contributed by atoms with Crippen LogP contribution in [0.3, 0.4) is 0 Å². The van der Waals surface area contributed by atoms with Crippen LogP contribution in [-0.2, 0) is 16.1 Å². The lowest BCUT2D eigenvalue weighted by atomic mass is 10.1. The van der Waals surface area contributed by atoms with E-state index in [1.54, 1.807) is 0 Å². The van der Waals surface area contributed by atoms with Gasteiger partial charge in [-0.1, -0.05) is 48.7 Å². The van der Waals surface area contributed by atoms with E-state index in [1.807, 2.05) is 13.8 Å². The summed E-state index contributed by atoms with van der Waals surface area (Å²) in [5, 5.41) is 0.399. The van der Waals surface area contributed by atoms with E-state index < -0.39 is 35.5 Å². The quantitative estimate of drug-likeness (QED) is 0.535. The molecule has 0 amide bonds. The fourth-order valence-electron chi connectivity index (χ4n) is 2.61. The first kappa shape index (κ1) is 17.5. The van der Waals surface area contributed by atoms with Crippen molar-refractivity contribution in [3.63, 3.8) is 0 Å². The molecule has 0 radical (unpaired) electrons. The summed E-state index contributed by atoms with van der Waals surface area (Å²) in [5.74, 6) is -3.41. The second kappa shape index (κ2) is 6.34. The molecule has 1 aliphatic rings. The Morgan fingerprint density at radius 1 is 1.36 bits per heavy atom. The fourth-order valence-corrected chi connectivity index (χ4v) is 3.38. The summed E-state index contributed by atoms with van der Waals surface area (Å²) in [5.41, 5.74) is 0.706. The molecule has 2 rings (SSSR count). The van der Waals surface area contributed by atoms with E-state index in [4.69, 9.17) is 39.5 Å². The summed E-state index contributed by atoms with van der Waals surface area (Å²) in [6, 6.07) is 2.07. The van der Waals surface area contributed by atoms with Crippen LogP contribution in [0.15, 0.2) is 22.7 Å². The number of ether oxygens (including phenoxy) is 1. The third kappa shape index (κ3) is 3.24. The van der Waals surface area contributed by atoms with Gasteiger partial charge >= 0.3 is 5.97 Å². The van der Waals surface area contributed by atoms with Gasteiger partial charge in [-0.25, -0.2) is 8.78 Å². The Kier molecular flexibility index (Phi) is 5.05. The first-order valence-electron chi connectivity index (χ1n) is 6.46. The molecule has 1 fully saturated rings. The molecule has 2 unspecified atom stereocenters. The minimum atomic E-state index is -1.09. The summed E-state index contributed by atoms with van der Waals surface area (Å²) in [4.78, 5) is 12.1. The molecular weight excluding hydrogens is 357 g/mol. The zero-order valence-corrected chi connectivity index (χ0v) is 14.1. The van der Waals surface area contributed by atoms with Crippen LogP contribution in [0.25, 0.3) is 0 Å². The number of hydrogen-bond acceptors (Lipinski definition) is 2. The number of hydrogen-bond donors (Lipinski definition) is 0. The number of carbonyl (C=O) groups is 1. The maximum atomic E-state index is 13.6. The van der Waals surface area contributed by atoms with Crippen molar-refractivity contribution >= 4 is 40.8 Å². The summed E-state index contributed by atoms with van der Waals surface area (Å²) < 4.78 is 31.9. The van der Waals surface area contributed by atoms with Gasteiger partial charge in [-0.2, -0.15) is 0 Å². The van der Waals surface area contributed by atoms with Crippen LogP contribution in [0.2, 0.25) is 5.02 Å². The second-order valence-corrected chi connectivity index (χ2v) is 6.83. The van der Waals surface area contributed by atoms with Crippen molar-refractivity contribution in [3.05, 3.63) is 44.9 Å². The Hall–Kier alpha value is -0.840. The molecule has 0 spiro atoms. The molecule has 0 heterocycles. The monoisotopic (exact) mass is 368 g/mol. The molecule has 0 saturated heterocycles. The normalized spacial score (nSPS) is 23.3. The van der Waals surface area contributed by atoms with Crippen LogP contribution in [-0.4, -0.2) is 5.97 Å². The van der Waals surface area contributed by atoms with Gasteiger partial charge < -0.3 is 4.74 Å². The lowest BCUT2D eigenvalue weighted by Crippen LogP contribution is -2.11. The molecule has 1 aromatic carbocycles. The summed E-state index contributed by atoms with van der Waals surface area (Å²) in [7, 11) is 0. The number of halogens is 5. The van der Waals surface area contributed by atoms with Crippen molar-refractivity contribution in [3.8, 4) is 0 Å². The van der Waals surface area contributed by atoms with Gasteiger partial charge in [0.25, 0.3) is 0 Å². The minimum Gasteiger partial charge on any atom is -0.460 e. The average Bonchev–Trinajstić information content (AvgIpc) is 3.02. The van der Waals surface area contributed by atoms with Crippen molar-refractivity contribution in [1.82, 2.24) is 0 Å². The zero-order valence-electron chi connectivity index (χ0n) is 11.8. The molecule has 7 heteroatoms. The molecule has 120 valence electrons. The molecule has 0 bridgehead atoms. The molecule has 22 heavy (non-hydrogen) atoms. The topological polar surface area (TPSA) is 26.3 Å². The van der Waals surface area contributed by atoms with E-state index in [0.29, 0.717) is 5.03 Å². The van der Waals surface area contributed by atoms with E-state index in [-0.39, 0.29) is 16.5 Å². The van der Waals surface area contributed by atoms with E-state index in [9.17, 15) is 13.6 Å². The van der Waals surface area contributed by atoms with E-state index in [0.717, 1.165) is 6.07 Å².